The van der Waals surface area contributed by atoms with E-state index in [-0.39, 0.29) is 10.7 Å². The van der Waals surface area contributed by atoms with E-state index < -0.39 is 0 Å². The largest absolute Gasteiger partial charge is 0.381 e. The van der Waals surface area contributed by atoms with Gasteiger partial charge in [-0.2, -0.15) is 0 Å². The third-order valence-corrected chi connectivity index (χ3v) is 7.03. The Bertz CT molecular complexity index is 586. The third-order valence-electron chi connectivity index (χ3n) is 5.45. The van der Waals surface area contributed by atoms with E-state index in [0.717, 1.165) is 63.6 Å². The van der Waals surface area contributed by atoms with Crippen LogP contribution in [0.4, 0.5) is 0 Å². The number of thioether (sulfide) groups is 1. The number of hydrogen-bond acceptors (Lipinski definition) is 5. The zero-order valence-electron chi connectivity index (χ0n) is 14.6. The molecule has 0 saturated carbocycles. The van der Waals surface area contributed by atoms with Crippen LogP contribution in [-0.4, -0.2) is 65.3 Å². The van der Waals surface area contributed by atoms with Crippen molar-refractivity contribution in [1.82, 2.24) is 9.88 Å². The zero-order chi connectivity index (χ0) is 17.1. The summed E-state index contributed by atoms with van der Waals surface area (Å²) in [6.45, 7) is 4.35. The van der Waals surface area contributed by atoms with Gasteiger partial charge in [-0.15, -0.1) is 11.8 Å². The predicted octanol–water partition coefficient (Wildman–Crippen LogP) is 2.15. The van der Waals surface area contributed by atoms with Gasteiger partial charge in [-0.05, 0) is 37.3 Å². The van der Waals surface area contributed by atoms with E-state index >= 15 is 0 Å². The van der Waals surface area contributed by atoms with Crippen molar-refractivity contribution in [1.29, 1.82) is 0 Å². The molecule has 3 fully saturated rings. The van der Waals surface area contributed by atoms with Gasteiger partial charge in [0.2, 0.25) is 5.91 Å². The SMILES string of the molecule is O=C(Cc1ccccn1)N1CC2(C[C@H](OCC3CCOCC3)CS2)C1. The van der Waals surface area contributed by atoms with Gasteiger partial charge in [-0.3, -0.25) is 9.78 Å². The molecular formula is C19H26N2O3S. The summed E-state index contributed by atoms with van der Waals surface area (Å²) < 4.78 is 11.8. The predicted molar refractivity (Wildman–Crippen MR) is 97.6 cm³/mol. The molecule has 1 aromatic rings. The highest BCUT2D eigenvalue weighted by molar-refractivity contribution is 8.01. The fourth-order valence-corrected chi connectivity index (χ4v) is 5.46. The first-order valence-corrected chi connectivity index (χ1v) is 10.2. The Morgan fingerprint density at radius 1 is 1.36 bits per heavy atom. The lowest BCUT2D eigenvalue weighted by Gasteiger charge is -2.47. The van der Waals surface area contributed by atoms with Crippen molar-refractivity contribution in [2.75, 3.05) is 38.7 Å². The molecule has 4 rings (SSSR count). The normalized spacial score (nSPS) is 25.9. The van der Waals surface area contributed by atoms with Crippen LogP contribution in [0.5, 0.6) is 0 Å². The quantitative estimate of drug-likeness (QED) is 0.803. The Morgan fingerprint density at radius 2 is 2.20 bits per heavy atom. The standard InChI is InChI=1S/C19H26N2O3S/c22-18(9-16-3-1-2-6-20-16)21-13-19(14-21)10-17(12-25-19)24-11-15-4-7-23-8-5-15/h1-3,6,15,17H,4-5,7-14H2/t17-/m0/s1. The summed E-state index contributed by atoms with van der Waals surface area (Å²) in [5.41, 5.74) is 0.852. The van der Waals surface area contributed by atoms with Gasteiger partial charge in [0, 0.05) is 50.6 Å². The van der Waals surface area contributed by atoms with Crippen molar-refractivity contribution in [2.24, 2.45) is 5.92 Å². The minimum Gasteiger partial charge on any atom is -0.381 e. The number of nitrogens with zero attached hydrogens (tertiary/aromatic N) is 2. The van der Waals surface area contributed by atoms with Gasteiger partial charge in [0.25, 0.3) is 0 Å². The highest BCUT2D eigenvalue weighted by Crippen LogP contribution is 2.46. The van der Waals surface area contributed by atoms with Gasteiger partial charge in [-0.1, -0.05) is 6.07 Å². The van der Waals surface area contributed by atoms with Crippen molar-refractivity contribution in [3.63, 3.8) is 0 Å². The number of amides is 1. The molecule has 136 valence electrons. The molecule has 0 bridgehead atoms. The molecular weight excluding hydrogens is 336 g/mol. The van der Waals surface area contributed by atoms with Gasteiger partial charge in [0.05, 0.1) is 17.3 Å². The summed E-state index contributed by atoms with van der Waals surface area (Å²) in [5, 5.41) is 0. The second-order valence-corrected chi connectivity index (χ2v) is 8.94. The summed E-state index contributed by atoms with van der Waals surface area (Å²) in [6, 6.07) is 5.72. The average Bonchev–Trinajstić information content (AvgIpc) is 3.05. The van der Waals surface area contributed by atoms with E-state index in [0.29, 0.717) is 18.4 Å². The molecule has 3 aliphatic rings. The molecule has 1 spiro atoms. The summed E-state index contributed by atoms with van der Waals surface area (Å²) >= 11 is 1.99. The molecule has 25 heavy (non-hydrogen) atoms. The van der Waals surface area contributed by atoms with Crippen molar-refractivity contribution < 1.29 is 14.3 Å². The Kier molecular flexibility index (Phi) is 5.29. The lowest BCUT2D eigenvalue weighted by atomic mass is 9.92. The van der Waals surface area contributed by atoms with Gasteiger partial charge in [0.15, 0.2) is 0 Å². The first-order valence-electron chi connectivity index (χ1n) is 9.23. The van der Waals surface area contributed by atoms with Crippen LogP contribution in [0.3, 0.4) is 0 Å². The second kappa shape index (κ2) is 7.64. The lowest BCUT2D eigenvalue weighted by Crippen LogP contribution is -2.61. The number of pyridine rings is 1. The Morgan fingerprint density at radius 3 is 2.96 bits per heavy atom. The fourth-order valence-electron chi connectivity index (χ4n) is 3.91. The molecule has 0 unspecified atom stereocenters. The van der Waals surface area contributed by atoms with Crippen LogP contribution in [0.2, 0.25) is 0 Å². The maximum Gasteiger partial charge on any atom is 0.228 e. The molecule has 0 aromatic carbocycles. The van der Waals surface area contributed by atoms with Crippen LogP contribution >= 0.6 is 11.8 Å². The molecule has 0 N–H and O–H groups in total. The second-order valence-electron chi connectivity index (χ2n) is 7.46. The van der Waals surface area contributed by atoms with E-state index in [1.807, 2.05) is 34.9 Å². The molecule has 5 nitrogen and oxygen atoms in total. The molecule has 0 radical (unpaired) electrons. The smallest absolute Gasteiger partial charge is 0.228 e. The van der Waals surface area contributed by atoms with Crippen molar-refractivity contribution in [3.8, 4) is 0 Å². The fraction of sp³-hybridized carbons (Fsp3) is 0.684. The van der Waals surface area contributed by atoms with Crippen LogP contribution in [0.15, 0.2) is 24.4 Å². The Hall–Kier alpha value is -1.11. The van der Waals surface area contributed by atoms with Gasteiger partial charge >= 0.3 is 0 Å². The summed E-state index contributed by atoms with van der Waals surface area (Å²) in [6.07, 6.45) is 5.83. The number of rotatable bonds is 5. The number of carbonyl (C=O) groups excluding carboxylic acids is 1. The van der Waals surface area contributed by atoms with Crippen LogP contribution in [0.1, 0.15) is 25.0 Å². The van der Waals surface area contributed by atoms with E-state index in [2.05, 4.69) is 4.98 Å². The first-order chi connectivity index (χ1) is 12.2. The van der Waals surface area contributed by atoms with E-state index in [1.165, 1.54) is 0 Å². The van der Waals surface area contributed by atoms with E-state index in [1.54, 1.807) is 6.20 Å². The number of carbonyl (C=O) groups is 1. The molecule has 1 aromatic heterocycles. The van der Waals surface area contributed by atoms with E-state index in [4.69, 9.17) is 9.47 Å². The Balaban J connectivity index is 1.20. The number of likely N-dealkylation sites (tertiary alicyclic amines) is 1. The van der Waals surface area contributed by atoms with Crippen molar-refractivity contribution in [2.45, 2.75) is 36.5 Å². The monoisotopic (exact) mass is 362 g/mol. The lowest BCUT2D eigenvalue weighted by molar-refractivity contribution is -0.136. The summed E-state index contributed by atoms with van der Waals surface area (Å²) in [5.74, 6) is 1.91. The summed E-state index contributed by atoms with van der Waals surface area (Å²) in [7, 11) is 0. The zero-order valence-corrected chi connectivity index (χ0v) is 15.4. The molecule has 1 amide bonds. The average molecular weight is 362 g/mol. The van der Waals surface area contributed by atoms with Gasteiger partial charge in [0.1, 0.15) is 0 Å². The van der Waals surface area contributed by atoms with Crippen LogP contribution in [0, 0.1) is 5.92 Å². The third kappa shape index (κ3) is 4.18. The highest BCUT2D eigenvalue weighted by atomic mass is 32.2. The maximum absolute atomic E-state index is 12.4. The molecule has 0 aliphatic carbocycles. The van der Waals surface area contributed by atoms with Crippen molar-refractivity contribution in [3.05, 3.63) is 30.1 Å². The minimum absolute atomic E-state index is 0.191. The van der Waals surface area contributed by atoms with Gasteiger partial charge in [-0.25, -0.2) is 0 Å². The first kappa shape index (κ1) is 17.3. The molecule has 3 saturated heterocycles. The number of aromatic nitrogens is 1. The number of hydrogen-bond donors (Lipinski definition) is 0. The molecule has 1 atom stereocenters. The van der Waals surface area contributed by atoms with Crippen LogP contribution in [0.25, 0.3) is 0 Å². The molecule has 3 aliphatic heterocycles. The molecule has 4 heterocycles. The Labute approximate surface area is 153 Å². The van der Waals surface area contributed by atoms with E-state index in [9.17, 15) is 4.79 Å². The van der Waals surface area contributed by atoms with Crippen LogP contribution < -0.4 is 0 Å². The maximum atomic E-state index is 12.4. The number of ether oxygens (including phenoxy) is 2. The minimum atomic E-state index is 0.191. The summed E-state index contributed by atoms with van der Waals surface area (Å²) in [4.78, 5) is 18.6. The van der Waals surface area contributed by atoms with Crippen molar-refractivity contribution >= 4 is 17.7 Å². The topological polar surface area (TPSA) is 51.7 Å². The molecule has 6 heteroatoms. The van der Waals surface area contributed by atoms with Crippen LogP contribution in [-0.2, 0) is 20.7 Å². The highest BCUT2D eigenvalue weighted by Gasteiger charge is 2.50. The van der Waals surface area contributed by atoms with Gasteiger partial charge < -0.3 is 14.4 Å².